The summed E-state index contributed by atoms with van der Waals surface area (Å²) in [5, 5.41) is 13.3. The molecule has 102 valence electrons. The van der Waals surface area contributed by atoms with Gasteiger partial charge in [0.1, 0.15) is 5.54 Å². The topological polar surface area (TPSA) is 39.1 Å². The Hall–Kier alpha value is -0.590. The van der Waals surface area contributed by atoms with Gasteiger partial charge in [-0.15, -0.1) is 0 Å². The molecule has 0 aromatic rings. The van der Waals surface area contributed by atoms with E-state index in [0.717, 1.165) is 19.0 Å². The monoisotopic (exact) mass is 249 g/mol. The van der Waals surface area contributed by atoms with E-state index in [-0.39, 0.29) is 5.54 Å². The summed E-state index contributed by atoms with van der Waals surface area (Å²) in [5.74, 6) is 1.36. The van der Waals surface area contributed by atoms with Crippen LogP contribution in [0.5, 0.6) is 0 Å². The van der Waals surface area contributed by atoms with E-state index in [1.54, 1.807) is 0 Å². The number of nitrogens with one attached hydrogen (secondary N) is 1. The van der Waals surface area contributed by atoms with Gasteiger partial charge in [0.2, 0.25) is 0 Å². The summed E-state index contributed by atoms with van der Waals surface area (Å²) < 4.78 is 0. The highest BCUT2D eigenvalue weighted by Gasteiger charge is 2.47. The zero-order chi connectivity index (χ0) is 13.2. The summed E-state index contributed by atoms with van der Waals surface area (Å²) in [6.45, 7) is 9.86. The first-order chi connectivity index (χ1) is 8.55. The summed E-state index contributed by atoms with van der Waals surface area (Å²) in [5.41, 5.74) is -0.300. The van der Waals surface area contributed by atoms with Crippen LogP contribution in [-0.2, 0) is 0 Å². The molecule has 1 heterocycles. The van der Waals surface area contributed by atoms with E-state index in [1.165, 1.54) is 32.2 Å². The number of nitrogens with zero attached hydrogens (tertiary/aromatic N) is 2. The minimum atomic E-state index is -0.300. The Labute approximate surface area is 112 Å². The van der Waals surface area contributed by atoms with E-state index in [4.69, 9.17) is 0 Å². The van der Waals surface area contributed by atoms with E-state index < -0.39 is 0 Å². The Bertz CT molecular complexity index is 316. The average Bonchev–Trinajstić information content (AvgIpc) is 3.11. The summed E-state index contributed by atoms with van der Waals surface area (Å²) in [4.78, 5) is 2.51. The molecular formula is C15H27N3. The Morgan fingerprint density at radius 2 is 2.11 bits per heavy atom. The maximum absolute atomic E-state index is 9.69. The highest BCUT2D eigenvalue weighted by molar-refractivity contribution is 5.17. The van der Waals surface area contributed by atoms with Gasteiger partial charge in [0.25, 0.3) is 0 Å². The molecular weight excluding hydrogens is 222 g/mol. The van der Waals surface area contributed by atoms with Crippen LogP contribution in [0.15, 0.2) is 0 Å². The molecule has 18 heavy (non-hydrogen) atoms. The third-order valence-corrected chi connectivity index (χ3v) is 4.23. The van der Waals surface area contributed by atoms with Gasteiger partial charge in [0.15, 0.2) is 0 Å². The SMILES string of the molecule is CC1CCCN(CC(C#N)(NC(C)C)C2CC2)C1. The molecule has 3 nitrogen and oxygen atoms in total. The van der Waals surface area contributed by atoms with Crippen molar-refractivity contribution in [2.45, 2.75) is 58.0 Å². The van der Waals surface area contributed by atoms with Crippen molar-refractivity contribution in [1.82, 2.24) is 10.2 Å². The predicted molar refractivity (Wildman–Crippen MR) is 74.2 cm³/mol. The fourth-order valence-electron chi connectivity index (χ4n) is 3.33. The molecule has 2 aliphatic rings. The van der Waals surface area contributed by atoms with Crippen molar-refractivity contribution in [2.75, 3.05) is 19.6 Å². The molecule has 0 radical (unpaired) electrons. The van der Waals surface area contributed by atoms with Crippen molar-refractivity contribution < 1.29 is 0 Å². The molecule has 2 unspecified atom stereocenters. The lowest BCUT2D eigenvalue weighted by molar-refractivity contribution is 0.136. The van der Waals surface area contributed by atoms with Crippen LogP contribution in [0, 0.1) is 23.2 Å². The van der Waals surface area contributed by atoms with E-state index >= 15 is 0 Å². The molecule has 0 bridgehead atoms. The molecule has 2 atom stereocenters. The predicted octanol–water partition coefficient (Wildman–Crippen LogP) is 2.39. The number of piperidine rings is 1. The molecule has 0 amide bonds. The summed E-state index contributed by atoms with van der Waals surface area (Å²) >= 11 is 0. The van der Waals surface area contributed by atoms with Crippen LogP contribution in [0.2, 0.25) is 0 Å². The van der Waals surface area contributed by atoms with Crippen LogP contribution >= 0.6 is 0 Å². The van der Waals surface area contributed by atoms with Crippen LogP contribution in [0.25, 0.3) is 0 Å². The highest BCUT2D eigenvalue weighted by atomic mass is 15.2. The Kier molecular flexibility index (Phi) is 4.29. The van der Waals surface area contributed by atoms with Crippen LogP contribution in [-0.4, -0.2) is 36.1 Å². The molecule has 1 saturated heterocycles. The zero-order valence-corrected chi connectivity index (χ0v) is 12.1. The van der Waals surface area contributed by atoms with Gasteiger partial charge in [-0.25, -0.2) is 0 Å². The summed E-state index contributed by atoms with van der Waals surface area (Å²) in [7, 11) is 0. The molecule has 1 N–H and O–H groups in total. The lowest BCUT2D eigenvalue weighted by Crippen LogP contribution is -2.57. The minimum Gasteiger partial charge on any atom is -0.300 e. The standard InChI is InChI=1S/C15H27N3/c1-12(2)17-15(10-16,14-6-7-14)11-18-8-4-5-13(3)9-18/h12-14,17H,4-9,11H2,1-3H3. The van der Waals surface area contributed by atoms with E-state index in [9.17, 15) is 5.26 Å². The van der Waals surface area contributed by atoms with Crippen molar-refractivity contribution in [2.24, 2.45) is 11.8 Å². The van der Waals surface area contributed by atoms with Crippen molar-refractivity contribution in [3.05, 3.63) is 0 Å². The minimum absolute atomic E-state index is 0.300. The molecule has 2 fully saturated rings. The second-order valence-corrected chi connectivity index (χ2v) is 6.64. The van der Waals surface area contributed by atoms with Gasteiger partial charge < -0.3 is 4.90 Å². The van der Waals surface area contributed by atoms with Gasteiger partial charge in [-0.2, -0.15) is 5.26 Å². The second-order valence-electron chi connectivity index (χ2n) is 6.64. The van der Waals surface area contributed by atoms with Crippen LogP contribution in [0.3, 0.4) is 0 Å². The number of likely N-dealkylation sites (tertiary alicyclic amines) is 1. The smallest absolute Gasteiger partial charge is 0.122 e. The Morgan fingerprint density at radius 1 is 1.39 bits per heavy atom. The molecule has 1 aliphatic carbocycles. The zero-order valence-electron chi connectivity index (χ0n) is 12.1. The lowest BCUT2D eigenvalue weighted by atomic mass is 9.91. The van der Waals surface area contributed by atoms with E-state index in [1.807, 2.05) is 0 Å². The maximum atomic E-state index is 9.69. The Morgan fingerprint density at radius 3 is 2.61 bits per heavy atom. The van der Waals surface area contributed by atoms with Gasteiger partial charge in [0.05, 0.1) is 6.07 Å². The van der Waals surface area contributed by atoms with Crippen molar-refractivity contribution in [3.63, 3.8) is 0 Å². The van der Waals surface area contributed by atoms with Crippen molar-refractivity contribution in [1.29, 1.82) is 5.26 Å². The third-order valence-electron chi connectivity index (χ3n) is 4.23. The molecule has 2 rings (SSSR count). The second kappa shape index (κ2) is 5.59. The Balaban J connectivity index is 2.02. The van der Waals surface area contributed by atoms with Crippen molar-refractivity contribution >= 4 is 0 Å². The van der Waals surface area contributed by atoms with E-state index in [0.29, 0.717) is 12.0 Å². The van der Waals surface area contributed by atoms with Gasteiger partial charge in [0, 0.05) is 19.1 Å². The number of nitriles is 1. The quantitative estimate of drug-likeness (QED) is 0.813. The number of hydrogen-bond acceptors (Lipinski definition) is 3. The van der Waals surface area contributed by atoms with Gasteiger partial charge >= 0.3 is 0 Å². The molecule has 0 spiro atoms. The largest absolute Gasteiger partial charge is 0.300 e. The number of rotatable bonds is 5. The fraction of sp³-hybridized carbons (Fsp3) is 0.933. The first-order valence-electron chi connectivity index (χ1n) is 7.47. The van der Waals surface area contributed by atoms with Gasteiger partial charge in [-0.1, -0.05) is 6.92 Å². The molecule has 1 aliphatic heterocycles. The normalized spacial score (nSPS) is 28.9. The third kappa shape index (κ3) is 3.24. The van der Waals surface area contributed by atoms with Gasteiger partial charge in [-0.05, 0) is 57.9 Å². The highest BCUT2D eigenvalue weighted by Crippen LogP contribution is 2.40. The number of hydrogen-bond donors (Lipinski definition) is 1. The van der Waals surface area contributed by atoms with Crippen LogP contribution in [0.1, 0.15) is 46.5 Å². The molecule has 0 aromatic carbocycles. The fourth-order valence-corrected chi connectivity index (χ4v) is 3.33. The molecule has 3 heteroatoms. The van der Waals surface area contributed by atoms with E-state index in [2.05, 4.69) is 37.1 Å². The van der Waals surface area contributed by atoms with Crippen LogP contribution < -0.4 is 5.32 Å². The summed E-state index contributed by atoms with van der Waals surface area (Å²) in [6, 6.07) is 3.00. The molecule has 0 aromatic heterocycles. The maximum Gasteiger partial charge on any atom is 0.122 e. The average molecular weight is 249 g/mol. The first kappa shape index (κ1) is 13.8. The first-order valence-corrected chi connectivity index (χ1v) is 7.47. The lowest BCUT2D eigenvalue weighted by Gasteiger charge is -2.39. The van der Waals surface area contributed by atoms with Gasteiger partial charge in [-0.3, -0.25) is 5.32 Å². The van der Waals surface area contributed by atoms with Crippen LogP contribution in [0.4, 0.5) is 0 Å². The summed E-state index contributed by atoms with van der Waals surface area (Å²) in [6.07, 6.45) is 5.07. The molecule has 1 saturated carbocycles. The van der Waals surface area contributed by atoms with Crippen molar-refractivity contribution in [3.8, 4) is 6.07 Å².